The fraction of sp³-hybridized carbons (Fsp3) is 0.862. The third-order valence-corrected chi connectivity index (χ3v) is 10.9. The van der Waals surface area contributed by atoms with Crippen molar-refractivity contribution in [3.05, 3.63) is 23.3 Å². The van der Waals surface area contributed by atoms with Gasteiger partial charge in [-0.15, -0.1) is 0 Å². The van der Waals surface area contributed by atoms with Crippen LogP contribution < -0.4 is 0 Å². The van der Waals surface area contributed by atoms with Gasteiger partial charge in [0.15, 0.2) is 0 Å². The van der Waals surface area contributed by atoms with E-state index in [0.717, 1.165) is 24.7 Å². The second kappa shape index (κ2) is 8.01. The smallest absolute Gasteiger partial charge is 0.0757 e. The molecule has 0 aromatic rings. The predicted molar refractivity (Wildman–Crippen MR) is 130 cm³/mol. The molecule has 2 N–H and O–H groups in total. The average molecular weight is 429 g/mol. The lowest BCUT2D eigenvalue weighted by Gasteiger charge is -2.62. The summed E-state index contributed by atoms with van der Waals surface area (Å²) in [4.78, 5) is 0. The van der Waals surface area contributed by atoms with Crippen molar-refractivity contribution < 1.29 is 10.2 Å². The summed E-state index contributed by atoms with van der Waals surface area (Å²) >= 11 is 0. The van der Waals surface area contributed by atoms with Crippen LogP contribution in [0.4, 0.5) is 0 Å². The molecule has 4 aliphatic carbocycles. The Bertz CT molecular complexity index is 744. The van der Waals surface area contributed by atoms with Crippen molar-refractivity contribution >= 4 is 0 Å². The molecule has 0 radical (unpaired) electrons. The molecule has 3 saturated carbocycles. The van der Waals surface area contributed by atoms with E-state index < -0.39 is 0 Å². The lowest BCUT2D eigenvalue weighted by atomic mass is 9.43. The van der Waals surface area contributed by atoms with Crippen LogP contribution in [0.15, 0.2) is 23.3 Å². The van der Waals surface area contributed by atoms with Crippen LogP contribution >= 0.6 is 0 Å². The van der Waals surface area contributed by atoms with Crippen LogP contribution in [0.25, 0.3) is 0 Å². The zero-order valence-electron chi connectivity index (χ0n) is 21.2. The van der Waals surface area contributed by atoms with Gasteiger partial charge in [0.05, 0.1) is 12.2 Å². The van der Waals surface area contributed by atoms with E-state index in [4.69, 9.17) is 0 Å². The molecular formula is C29H48O2. The third-order valence-electron chi connectivity index (χ3n) is 10.9. The van der Waals surface area contributed by atoms with E-state index in [0.29, 0.717) is 23.2 Å². The fourth-order valence-electron chi connectivity index (χ4n) is 9.15. The van der Waals surface area contributed by atoms with Crippen molar-refractivity contribution in [3.8, 4) is 0 Å². The average Bonchev–Trinajstić information content (AvgIpc) is 3.04. The van der Waals surface area contributed by atoms with Gasteiger partial charge in [-0.05, 0) is 106 Å². The highest BCUT2D eigenvalue weighted by atomic mass is 16.3. The first kappa shape index (κ1) is 23.6. The van der Waals surface area contributed by atoms with Gasteiger partial charge < -0.3 is 10.2 Å². The molecule has 0 aromatic heterocycles. The van der Waals surface area contributed by atoms with E-state index in [-0.39, 0.29) is 23.0 Å². The van der Waals surface area contributed by atoms with Gasteiger partial charge in [-0.3, -0.25) is 0 Å². The van der Waals surface area contributed by atoms with Gasteiger partial charge in [0.1, 0.15) is 0 Å². The minimum atomic E-state index is -0.345. The molecular weight excluding hydrogens is 380 g/mol. The highest BCUT2D eigenvalue weighted by Crippen LogP contribution is 2.68. The molecule has 4 rings (SSSR count). The molecule has 0 spiro atoms. The number of rotatable bonds is 4. The summed E-state index contributed by atoms with van der Waals surface area (Å²) < 4.78 is 0. The van der Waals surface area contributed by atoms with Crippen molar-refractivity contribution in [1.29, 1.82) is 0 Å². The van der Waals surface area contributed by atoms with Crippen molar-refractivity contribution in [3.63, 3.8) is 0 Å². The Morgan fingerprint density at radius 1 is 1.03 bits per heavy atom. The van der Waals surface area contributed by atoms with Gasteiger partial charge in [0, 0.05) is 5.41 Å². The molecule has 0 bridgehead atoms. The normalized spacial score (nSPS) is 46.9. The Hall–Kier alpha value is -0.600. The highest BCUT2D eigenvalue weighted by molar-refractivity contribution is 5.33. The first-order chi connectivity index (χ1) is 14.4. The molecule has 0 amide bonds. The molecule has 176 valence electrons. The largest absolute Gasteiger partial charge is 0.392 e. The van der Waals surface area contributed by atoms with Crippen LogP contribution in [0.5, 0.6) is 0 Å². The second-order valence-electron chi connectivity index (χ2n) is 13.1. The van der Waals surface area contributed by atoms with Gasteiger partial charge in [0.2, 0.25) is 0 Å². The predicted octanol–water partition coefficient (Wildman–Crippen LogP) is 6.92. The fourth-order valence-corrected chi connectivity index (χ4v) is 9.15. The van der Waals surface area contributed by atoms with Crippen molar-refractivity contribution in [2.45, 2.75) is 112 Å². The first-order valence-electron chi connectivity index (χ1n) is 13.1. The zero-order valence-corrected chi connectivity index (χ0v) is 21.2. The molecule has 0 heterocycles. The molecule has 2 nitrogen and oxygen atoms in total. The number of aliphatic hydroxyl groups is 2. The topological polar surface area (TPSA) is 40.5 Å². The molecule has 4 aliphatic rings. The lowest BCUT2D eigenvalue weighted by Crippen LogP contribution is -2.58. The van der Waals surface area contributed by atoms with Crippen molar-refractivity contribution in [2.75, 3.05) is 0 Å². The number of aliphatic hydroxyl groups excluding tert-OH is 2. The highest BCUT2D eigenvalue weighted by Gasteiger charge is 2.63. The summed E-state index contributed by atoms with van der Waals surface area (Å²) in [5.41, 5.74) is 3.07. The monoisotopic (exact) mass is 428 g/mol. The summed E-state index contributed by atoms with van der Waals surface area (Å²) in [6.07, 6.45) is 13.6. The van der Waals surface area contributed by atoms with E-state index in [2.05, 4.69) is 60.6 Å². The number of hydrogen-bond donors (Lipinski definition) is 2. The molecule has 0 unspecified atom stereocenters. The van der Waals surface area contributed by atoms with E-state index in [1.807, 2.05) is 0 Å². The SMILES string of the molecule is CC(C)=CCC[C@@H](C)[C@H]1CC[C@H]2[C@@H]3[C@H](O)C=C4C(C)(C)[C@H](O)CC[C@]4(C)[C@H]3CC[C@]12C. The van der Waals surface area contributed by atoms with Crippen molar-refractivity contribution in [2.24, 2.45) is 45.8 Å². The Labute approximate surface area is 191 Å². The van der Waals surface area contributed by atoms with Crippen LogP contribution in [0.1, 0.15) is 99.8 Å². The maximum Gasteiger partial charge on any atom is 0.0757 e. The summed E-state index contributed by atoms with van der Waals surface area (Å²) in [5, 5.41) is 22.2. The summed E-state index contributed by atoms with van der Waals surface area (Å²) in [7, 11) is 0. The molecule has 0 aromatic carbocycles. The molecule has 3 fully saturated rings. The summed E-state index contributed by atoms with van der Waals surface area (Å²) in [6, 6.07) is 0. The van der Waals surface area contributed by atoms with Gasteiger partial charge >= 0.3 is 0 Å². The van der Waals surface area contributed by atoms with Gasteiger partial charge in [-0.1, -0.05) is 57.9 Å². The minimum absolute atomic E-state index is 0.140. The minimum Gasteiger partial charge on any atom is -0.392 e. The molecule has 2 heteroatoms. The van der Waals surface area contributed by atoms with Gasteiger partial charge in [-0.2, -0.15) is 0 Å². The van der Waals surface area contributed by atoms with Crippen LogP contribution in [0.3, 0.4) is 0 Å². The Morgan fingerprint density at radius 2 is 1.74 bits per heavy atom. The van der Waals surface area contributed by atoms with E-state index in [9.17, 15) is 10.2 Å². The Balaban J connectivity index is 1.61. The van der Waals surface area contributed by atoms with Crippen LogP contribution in [-0.2, 0) is 0 Å². The molecule has 0 saturated heterocycles. The summed E-state index contributed by atoms with van der Waals surface area (Å²) in [6.45, 7) is 16.3. The second-order valence-corrected chi connectivity index (χ2v) is 13.1. The molecule has 0 aliphatic heterocycles. The van der Waals surface area contributed by atoms with Crippen LogP contribution in [0, 0.1) is 45.8 Å². The van der Waals surface area contributed by atoms with E-state index in [1.165, 1.54) is 49.7 Å². The maximum atomic E-state index is 11.5. The number of hydrogen-bond acceptors (Lipinski definition) is 2. The van der Waals surface area contributed by atoms with Gasteiger partial charge in [0.25, 0.3) is 0 Å². The summed E-state index contributed by atoms with van der Waals surface area (Å²) in [5.74, 6) is 3.15. The Morgan fingerprint density at radius 3 is 2.42 bits per heavy atom. The quantitative estimate of drug-likeness (QED) is 0.477. The van der Waals surface area contributed by atoms with E-state index in [1.54, 1.807) is 0 Å². The van der Waals surface area contributed by atoms with Crippen LogP contribution in [-0.4, -0.2) is 22.4 Å². The lowest BCUT2D eigenvalue weighted by molar-refractivity contribution is -0.111. The maximum absolute atomic E-state index is 11.5. The van der Waals surface area contributed by atoms with Crippen LogP contribution in [0.2, 0.25) is 0 Å². The zero-order chi connectivity index (χ0) is 22.8. The number of fused-ring (bicyclic) bond motifs is 5. The standard InChI is InChI=1S/C29H48O2/c1-18(2)9-8-10-19(3)20-11-12-21-26-22(13-15-28(20,21)6)29(7)16-14-25(31)27(4,5)24(29)17-23(26)30/h9,17,19-23,25-26,30-31H,8,10-16H2,1-7H3/t19-,20-,21+,22+,23-,25-,26+,28-,29-/m1/s1. The van der Waals surface area contributed by atoms with Crippen molar-refractivity contribution in [1.82, 2.24) is 0 Å². The first-order valence-corrected chi connectivity index (χ1v) is 13.1. The third kappa shape index (κ3) is 3.59. The van der Waals surface area contributed by atoms with Gasteiger partial charge in [-0.25, -0.2) is 0 Å². The number of allylic oxidation sites excluding steroid dienone is 2. The molecule has 9 atom stereocenters. The Kier molecular flexibility index (Phi) is 6.09. The van der Waals surface area contributed by atoms with E-state index >= 15 is 0 Å². The molecule has 31 heavy (non-hydrogen) atoms.